The van der Waals surface area contributed by atoms with Gasteiger partial charge in [-0.05, 0) is 43.9 Å². The number of nitrogens with one attached hydrogen (secondary N) is 1. The number of rotatable bonds is 5. The van der Waals surface area contributed by atoms with Gasteiger partial charge in [0.15, 0.2) is 11.6 Å². The fraction of sp³-hybridized carbons (Fsp3) is 0.250. The van der Waals surface area contributed by atoms with Crippen molar-refractivity contribution in [1.29, 1.82) is 0 Å². The maximum absolute atomic E-state index is 13.9. The van der Waals surface area contributed by atoms with Crippen LogP contribution in [0.25, 0.3) is 0 Å². The Morgan fingerprint density at radius 3 is 2.41 bits per heavy atom. The minimum atomic E-state index is -0.802. The standard InChI is InChI=1S/C16H18ClFN2O2/c1-20(2)9-14(21)10-3-5-11(6-4-10)19-13-8-7-12(17)16(22)15(13)18/h3-8,14,19,21-22H,9H2,1-2H3. The third kappa shape index (κ3) is 3.88. The number of aromatic hydroxyl groups is 1. The van der Waals surface area contributed by atoms with Crippen LogP contribution in [0, 0.1) is 5.82 Å². The molecule has 0 amide bonds. The molecule has 0 aliphatic carbocycles. The van der Waals surface area contributed by atoms with E-state index in [4.69, 9.17) is 11.6 Å². The molecule has 1 atom stereocenters. The minimum Gasteiger partial charge on any atom is -0.504 e. The van der Waals surface area contributed by atoms with Gasteiger partial charge in [-0.3, -0.25) is 0 Å². The van der Waals surface area contributed by atoms with Gasteiger partial charge in [-0.15, -0.1) is 0 Å². The smallest absolute Gasteiger partial charge is 0.189 e. The van der Waals surface area contributed by atoms with Crippen LogP contribution in [0.2, 0.25) is 5.02 Å². The van der Waals surface area contributed by atoms with E-state index in [-0.39, 0.29) is 10.7 Å². The zero-order valence-corrected chi connectivity index (χ0v) is 13.1. The highest BCUT2D eigenvalue weighted by molar-refractivity contribution is 6.32. The van der Waals surface area contributed by atoms with E-state index in [1.165, 1.54) is 12.1 Å². The van der Waals surface area contributed by atoms with Crippen molar-refractivity contribution in [2.24, 2.45) is 0 Å². The van der Waals surface area contributed by atoms with E-state index in [0.29, 0.717) is 12.2 Å². The van der Waals surface area contributed by atoms with Crippen LogP contribution in [-0.4, -0.2) is 35.8 Å². The summed E-state index contributed by atoms with van der Waals surface area (Å²) in [7, 11) is 3.77. The van der Waals surface area contributed by atoms with Gasteiger partial charge >= 0.3 is 0 Å². The summed E-state index contributed by atoms with van der Waals surface area (Å²) in [6.45, 7) is 0.520. The SMILES string of the molecule is CN(C)CC(O)c1ccc(Nc2ccc(Cl)c(O)c2F)cc1. The molecule has 0 aliphatic rings. The summed E-state index contributed by atoms with van der Waals surface area (Å²) in [4.78, 5) is 1.89. The van der Waals surface area contributed by atoms with Crippen LogP contribution in [0.3, 0.4) is 0 Å². The first-order valence-electron chi connectivity index (χ1n) is 6.75. The van der Waals surface area contributed by atoms with Crippen molar-refractivity contribution in [1.82, 2.24) is 4.90 Å². The van der Waals surface area contributed by atoms with Crippen LogP contribution >= 0.6 is 11.6 Å². The first-order chi connectivity index (χ1) is 10.4. The molecule has 0 spiro atoms. The monoisotopic (exact) mass is 324 g/mol. The molecule has 2 aromatic rings. The zero-order chi connectivity index (χ0) is 16.3. The van der Waals surface area contributed by atoms with Crippen LogP contribution in [0.1, 0.15) is 11.7 Å². The molecule has 0 saturated carbocycles. The maximum Gasteiger partial charge on any atom is 0.189 e. The molecule has 0 fully saturated rings. The Labute approximate surface area is 133 Å². The van der Waals surface area contributed by atoms with E-state index in [0.717, 1.165) is 5.56 Å². The van der Waals surface area contributed by atoms with Gasteiger partial charge in [0.1, 0.15) is 0 Å². The summed E-state index contributed by atoms with van der Waals surface area (Å²) in [5.41, 5.74) is 1.54. The van der Waals surface area contributed by atoms with Crippen molar-refractivity contribution in [3.8, 4) is 5.75 Å². The van der Waals surface area contributed by atoms with Gasteiger partial charge in [-0.1, -0.05) is 23.7 Å². The van der Waals surface area contributed by atoms with E-state index in [1.807, 2.05) is 19.0 Å². The molecule has 0 aliphatic heterocycles. The molecule has 0 bridgehead atoms. The number of benzene rings is 2. The number of aliphatic hydroxyl groups excluding tert-OH is 1. The van der Waals surface area contributed by atoms with Crippen LogP contribution in [0.5, 0.6) is 5.75 Å². The summed E-state index contributed by atoms with van der Waals surface area (Å²) >= 11 is 5.64. The molecule has 0 aromatic heterocycles. The van der Waals surface area contributed by atoms with Gasteiger partial charge in [0.2, 0.25) is 0 Å². The molecule has 0 radical (unpaired) electrons. The normalized spacial score (nSPS) is 12.5. The Hall–Kier alpha value is -1.82. The van der Waals surface area contributed by atoms with Crippen LogP contribution in [0.4, 0.5) is 15.8 Å². The van der Waals surface area contributed by atoms with Crippen molar-refractivity contribution >= 4 is 23.0 Å². The van der Waals surface area contributed by atoms with Gasteiger partial charge in [-0.25, -0.2) is 4.39 Å². The highest BCUT2D eigenvalue weighted by Gasteiger charge is 2.12. The van der Waals surface area contributed by atoms with E-state index >= 15 is 0 Å². The number of anilines is 2. The first kappa shape index (κ1) is 16.5. The number of halogens is 2. The van der Waals surface area contributed by atoms with Crippen LogP contribution in [-0.2, 0) is 0 Å². The van der Waals surface area contributed by atoms with Gasteiger partial charge in [-0.2, -0.15) is 0 Å². The van der Waals surface area contributed by atoms with Crippen LogP contribution in [0.15, 0.2) is 36.4 Å². The average molecular weight is 325 g/mol. The topological polar surface area (TPSA) is 55.7 Å². The van der Waals surface area contributed by atoms with E-state index < -0.39 is 17.7 Å². The number of phenols is 1. The summed E-state index contributed by atoms with van der Waals surface area (Å²) in [6.07, 6.45) is -0.583. The maximum atomic E-state index is 13.9. The summed E-state index contributed by atoms with van der Waals surface area (Å²) < 4.78 is 13.9. The molecular formula is C16H18ClFN2O2. The second kappa shape index (κ2) is 6.96. The summed E-state index contributed by atoms with van der Waals surface area (Å²) in [6, 6.07) is 9.87. The van der Waals surface area contributed by atoms with E-state index in [2.05, 4.69) is 5.32 Å². The molecule has 0 heterocycles. The van der Waals surface area contributed by atoms with Crippen molar-refractivity contribution in [3.05, 3.63) is 52.8 Å². The lowest BCUT2D eigenvalue weighted by atomic mass is 10.1. The number of hydrogen-bond acceptors (Lipinski definition) is 4. The largest absolute Gasteiger partial charge is 0.504 e. The van der Waals surface area contributed by atoms with Gasteiger partial charge in [0, 0.05) is 12.2 Å². The molecule has 118 valence electrons. The number of hydrogen-bond donors (Lipinski definition) is 3. The number of likely N-dealkylation sites (N-methyl/N-ethyl adjacent to an activating group) is 1. The van der Waals surface area contributed by atoms with Gasteiger partial charge in [0.05, 0.1) is 16.8 Å². The average Bonchev–Trinajstić information content (AvgIpc) is 2.48. The lowest BCUT2D eigenvalue weighted by Gasteiger charge is -2.16. The predicted octanol–water partition coefficient (Wildman–Crippen LogP) is 3.52. The predicted molar refractivity (Wildman–Crippen MR) is 86.3 cm³/mol. The lowest BCUT2D eigenvalue weighted by molar-refractivity contribution is 0.138. The third-order valence-corrected chi connectivity index (χ3v) is 3.48. The minimum absolute atomic E-state index is 0.0368. The molecule has 4 nitrogen and oxygen atoms in total. The Bertz CT molecular complexity index is 647. The van der Waals surface area contributed by atoms with E-state index in [1.54, 1.807) is 24.3 Å². The second-order valence-corrected chi connectivity index (χ2v) is 5.69. The molecule has 2 rings (SSSR count). The van der Waals surface area contributed by atoms with Gasteiger partial charge in [0.25, 0.3) is 0 Å². The Morgan fingerprint density at radius 1 is 1.18 bits per heavy atom. The molecule has 6 heteroatoms. The fourth-order valence-electron chi connectivity index (χ4n) is 2.03. The molecule has 2 aromatic carbocycles. The quantitative estimate of drug-likeness (QED) is 0.787. The van der Waals surface area contributed by atoms with Crippen molar-refractivity contribution in [2.45, 2.75) is 6.10 Å². The summed E-state index contributed by atoms with van der Waals surface area (Å²) in [5.74, 6) is -1.38. The number of phenolic OH excluding ortho intramolecular Hbond substituents is 1. The second-order valence-electron chi connectivity index (χ2n) is 5.28. The Morgan fingerprint density at radius 2 is 1.82 bits per heavy atom. The van der Waals surface area contributed by atoms with Crippen LogP contribution < -0.4 is 5.32 Å². The highest BCUT2D eigenvalue weighted by Crippen LogP contribution is 2.32. The Balaban J connectivity index is 2.13. The zero-order valence-electron chi connectivity index (χ0n) is 12.3. The number of nitrogens with zero attached hydrogens (tertiary/aromatic N) is 1. The summed E-state index contributed by atoms with van der Waals surface area (Å²) in [5, 5.41) is 22.3. The highest BCUT2D eigenvalue weighted by atomic mass is 35.5. The fourth-order valence-corrected chi connectivity index (χ4v) is 2.18. The molecule has 3 N–H and O–H groups in total. The molecule has 0 saturated heterocycles. The molecular weight excluding hydrogens is 307 g/mol. The van der Waals surface area contributed by atoms with E-state index in [9.17, 15) is 14.6 Å². The van der Waals surface area contributed by atoms with Crippen molar-refractivity contribution < 1.29 is 14.6 Å². The third-order valence-electron chi connectivity index (χ3n) is 3.18. The number of aliphatic hydroxyl groups is 1. The molecule has 1 unspecified atom stereocenters. The van der Waals surface area contributed by atoms with Gasteiger partial charge < -0.3 is 20.4 Å². The lowest BCUT2D eigenvalue weighted by Crippen LogP contribution is -2.19. The first-order valence-corrected chi connectivity index (χ1v) is 7.13. The van der Waals surface area contributed by atoms with Crippen molar-refractivity contribution in [3.63, 3.8) is 0 Å². The molecule has 22 heavy (non-hydrogen) atoms. The van der Waals surface area contributed by atoms with Crippen molar-refractivity contribution in [2.75, 3.05) is 26.0 Å². The Kier molecular flexibility index (Phi) is 5.24.